The van der Waals surface area contributed by atoms with Gasteiger partial charge in [0.2, 0.25) is 0 Å². The van der Waals surface area contributed by atoms with Gasteiger partial charge >= 0.3 is 236 Å². The molecule has 0 aliphatic carbocycles. The number of aromatic nitrogens is 4. The number of hydrogen-bond donors (Lipinski definition) is 2. The van der Waals surface area contributed by atoms with Crippen molar-refractivity contribution < 1.29 is 340 Å². The molecular weight excluding hydrogens is 2190 g/mol. The molecule has 3 aromatic heterocycles. The molecule has 9 rings (SSSR count). The third-order valence-electron chi connectivity index (χ3n) is 16.8. The van der Waals surface area contributed by atoms with Gasteiger partial charge in [-0.3, -0.25) is 0 Å². The first-order valence-corrected chi connectivity index (χ1v) is 44.6. The minimum absolute atomic E-state index is 0. The summed E-state index contributed by atoms with van der Waals surface area (Å²) in [7, 11) is -47.2. The molecule has 0 amide bonds. The fourth-order valence-electron chi connectivity index (χ4n) is 13.7. The summed E-state index contributed by atoms with van der Waals surface area (Å²) < 4.78 is 324. The van der Waals surface area contributed by atoms with Crippen LogP contribution in [0.15, 0.2) is 57.1 Å². The molecule has 0 radical (unpaired) electrons. The van der Waals surface area contributed by atoms with E-state index in [1.54, 1.807) is 0 Å². The van der Waals surface area contributed by atoms with E-state index in [1.165, 1.54) is 0 Å². The van der Waals surface area contributed by atoms with E-state index in [9.17, 15) is 104 Å². The zero-order valence-corrected chi connectivity index (χ0v) is 95.2. The first-order chi connectivity index (χ1) is 45.1. The Kier molecular flexibility index (Phi) is 39.3. The first-order valence-electron chi connectivity index (χ1n) is 27.0. The molecule has 2 N–H and O–H groups in total. The van der Waals surface area contributed by atoms with Crippen molar-refractivity contribution in [2.75, 3.05) is 0 Å². The normalized spacial score (nSPS) is 12.9. The summed E-state index contributed by atoms with van der Waals surface area (Å²) >= 11 is 28.1. The third-order valence-corrected chi connectivity index (χ3v) is 34.1. The molecule has 7 aromatic rings. The molecule has 2 aliphatic rings. The van der Waals surface area contributed by atoms with Gasteiger partial charge in [0.05, 0.1) is 120 Å². The summed E-state index contributed by atoms with van der Waals surface area (Å²) in [5.41, 5.74) is -17.3. The molecule has 8 bridgehead atoms. The summed E-state index contributed by atoms with van der Waals surface area (Å²) in [6, 6.07) is 0. The zero-order valence-electron chi connectivity index (χ0n) is 60.0. The van der Waals surface area contributed by atoms with E-state index >= 15 is 0 Å². The van der Waals surface area contributed by atoms with Gasteiger partial charge in [-0.15, -0.1) is 0 Å². The van der Waals surface area contributed by atoms with Crippen LogP contribution in [0.3, 0.4) is 0 Å². The Morgan fingerprint density at radius 3 is 0.426 bits per heavy atom. The molecule has 5 heterocycles. The van der Waals surface area contributed by atoms with Crippen molar-refractivity contribution >= 4 is 248 Å². The standard InChI is InChI=1S/C56H46Br8N4O24S8.8Na/c1-13-25(14(2)50(94(72,73)74)21(9)49(13)93(69,70)71)29-41-33(57)35(59)43(65-41)30(26-15(3)51(95(75,76)77)22(10)52(16(26)4)96(78,79)80)45-37(61)39(63)47(67-45)32(28-19(7)55(99(87,88)89)24(12)56(20(28)8)100(90,91)92)48-40(64)38(62)46(68-48)31(44-36(60)34(58)42(29)66-44)27-17(5)53(97(81,82)83)23(11)54(18(27)6)98(84,85)86;;;;;;;;/h65,68H,1-12H3,(H,69,70,71)(H,72,73,74)(H,75,76,77)(H,78,79,80)(H,81,82,83)(H,84,85,86)(H,87,88,89)(H,90,91,92);;;;;;;;/q;8*+1/p-8. The fraction of sp³-hybridized carbons (Fsp3) is 0.214. The number of rotatable bonds is 12. The Morgan fingerprint density at radius 1 is 0.213 bits per heavy atom. The molecule has 0 unspecified atom stereocenters. The van der Waals surface area contributed by atoms with Crippen LogP contribution >= 0.6 is 127 Å². The number of aromatic amines is 2. The number of fused-ring (bicyclic) bond motifs is 8. The summed E-state index contributed by atoms with van der Waals surface area (Å²) in [6.07, 6.45) is 0. The quantitative estimate of drug-likeness (QED) is 0.0847. The van der Waals surface area contributed by atoms with Crippen molar-refractivity contribution in [3.8, 4) is 44.5 Å². The SMILES string of the molecule is Cc1c(-c2c3nc(c(-c4c(C)c(S(=O)(=O)[O-])c(C)c(S(=O)(=O)[O-])c4C)c4[nH]c(c(Br)c4Br)c(-c4c(C)c(S(=O)(=O)[O-])c(C)c(S(=O)(=O)[O-])c4C)c4nc(c(-c5c(C)c(S(=O)(=O)[O-])c(C)c(S(=O)(=O)[O-])c5C)c5[nH]c2c(Br)c5Br)C(Br)=C4Br)C(Br)=C3Br)c(C)c(S(=O)(=O)[O-])c(C)c1S(=O)(=O)[O-].[Na+].[Na+].[Na+].[Na+].[Na+].[Na+].[Na+].[Na+]. The Hall–Kier alpha value is 4.60. The van der Waals surface area contributed by atoms with Crippen LogP contribution in [0.4, 0.5) is 0 Å². The zero-order chi connectivity index (χ0) is 76.2. The number of H-pyrrole nitrogens is 2. The van der Waals surface area contributed by atoms with Crippen LogP contribution in [-0.4, -0.2) is 124 Å². The van der Waals surface area contributed by atoms with Crippen molar-refractivity contribution in [1.29, 1.82) is 0 Å². The monoisotopic (exact) mass is 2220 g/mol. The van der Waals surface area contributed by atoms with Gasteiger partial charge in [-0.2, -0.15) is 0 Å². The topological polar surface area (TPSA) is 515 Å². The average Bonchev–Trinajstić information content (AvgIpc) is 1.33. The number of nitrogens with one attached hydrogen (secondary N) is 2. The van der Waals surface area contributed by atoms with Crippen molar-refractivity contribution in [3.05, 3.63) is 107 Å². The van der Waals surface area contributed by atoms with Crippen LogP contribution in [0.25, 0.3) is 84.5 Å². The molecule has 0 saturated heterocycles. The minimum atomic E-state index is -5.90. The molecule has 0 saturated carbocycles. The maximum Gasteiger partial charge on any atom is 1.00 e. The van der Waals surface area contributed by atoms with Gasteiger partial charge in [0.25, 0.3) is 0 Å². The third kappa shape index (κ3) is 19.6. The second kappa shape index (κ2) is 38.4. The Bertz CT molecular complexity index is 5420. The number of benzene rings is 4. The molecule has 0 fully saturated rings. The molecular formula is C56H38Br8N4Na8O24S8. The average molecular weight is 2230 g/mol. The maximum atomic E-state index is 13.6. The minimum Gasteiger partial charge on any atom is -0.744 e. The fourth-order valence-corrected chi connectivity index (χ4v) is 25.5. The van der Waals surface area contributed by atoms with Gasteiger partial charge in [-0.1, -0.05) is 0 Å². The smallest absolute Gasteiger partial charge is 0.744 e. The summed E-state index contributed by atoms with van der Waals surface area (Å²) in [5.74, 6) is 0. The molecule has 538 valence electrons. The van der Waals surface area contributed by atoms with E-state index in [0.717, 1.165) is 83.1 Å². The second-order valence-electron chi connectivity index (χ2n) is 22.6. The Labute approximate surface area is 866 Å². The molecule has 0 atom stereocenters. The van der Waals surface area contributed by atoms with Gasteiger partial charge in [0.15, 0.2) is 0 Å². The Balaban J connectivity index is 0.00000729. The van der Waals surface area contributed by atoms with Crippen LogP contribution in [0.2, 0.25) is 0 Å². The molecule has 52 heteroatoms. The van der Waals surface area contributed by atoms with E-state index in [0.29, 0.717) is 0 Å². The predicted molar refractivity (Wildman–Crippen MR) is 383 cm³/mol. The van der Waals surface area contributed by atoms with Crippen LogP contribution in [-0.2, 0) is 80.9 Å². The molecule has 2 aliphatic heterocycles. The summed E-state index contributed by atoms with van der Waals surface area (Å²) in [5, 5.41) is 0. The van der Waals surface area contributed by atoms with E-state index in [4.69, 9.17) is 9.97 Å². The molecule has 28 nitrogen and oxygen atoms in total. The molecule has 4 aromatic carbocycles. The molecule has 108 heavy (non-hydrogen) atoms. The maximum absolute atomic E-state index is 13.6. The van der Waals surface area contributed by atoms with Gasteiger partial charge in [-0.05, 0) is 300 Å². The van der Waals surface area contributed by atoms with Gasteiger partial charge in [0, 0.05) is 22.3 Å². The first kappa shape index (κ1) is 111. The number of hydrogen-bond acceptors (Lipinski definition) is 26. The van der Waals surface area contributed by atoms with Gasteiger partial charge in [0.1, 0.15) is 80.9 Å². The summed E-state index contributed by atoms with van der Waals surface area (Å²) in [6.45, 7) is 11.6. The predicted octanol–water partition coefficient (Wildman–Crippen LogP) is -11.8. The van der Waals surface area contributed by atoms with Crippen LogP contribution in [0.5, 0.6) is 0 Å². The van der Waals surface area contributed by atoms with E-state index in [-0.39, 0.29) is 272 Å². The van der Waals surface area contributed by atoms with Gasteiger partial charge < -0.3 is 46.4 Å². The van der Waals surface area contributed by atoms with Crippen molar-refractivity contribution in [2.24, 2.45) is 0 Å². The van der Waals surface area contributed by atoms with Crippen molar-refractivity contribution in [1.82, 2.24) is 19.9 Å². The van der Waals surface area contributed by atoms with Crippen LogP contribution in [0.1, 0.15) is 89.5 Å². The van der Waals surface area contributed by atoms with E-state index < -0.39 is 276 Å². The second-order valence-corrected chi connectivity index (χ2v) is 39.5. The van der Waals surface area contributed by atoms with Crippen LogP contribution in [0, 0.1) is 83.1 Å². The van der Waals surface area contributed by atoms with Crippen LogP contribution < -0.4 is 236 Å². The Morgan fingerprint density at radius 2 is 0.324 bits per heavy atom. The van der Waals surface area contributed by atoms with Crippen molar-refractivity contribution in [3.63, 3.8) is 0 Å². The number of halogens is 8. The van der Waals surface area contributed by atoms with Crippen molar-refractivity contribution in [2.45, 2.75) is 122 Å². The van der Waals surface area contributed by atoms with E-state index in [2.05, 4.69) is 137 Å². The summed E-state index contributed by atoms with van der Waals surface area (Å²) in [4.78, 5) is 5.96. The number of nitrogens with zero attached hydrogens (tertiary/aromatic N) is 2. The molecule has 0 spiro atoms. The van der Waals surface area contributed by atoms with E-state index in [1.807, 2.05) is 0 Å². The van der Waals surface area contributed by atoms with Gasteiger partial charge in [-0.25, -0.2) is 77.3 Å². The largest absolute Gasteiger partial charge is 1.00 e.